The smallest absolute Gasteiger partial charge is 0.266 e. The van der Waals surface area contributed by atoms with Gasteiger partial charge in [-0.2, -0.15) is 10.5 Å². The van der Waals surface area contributed by atoms with E-state index < -0.39 is 5.91 Å². The molecule has 0 spiro atoms. The molecular formula is C18H11Cl2N3O2. The maximum absolute atomic E-state index is 12.3. The normalized spacial score (nSPS) is 10.5. The SMILES string of the molecule is N#CCOc1ccccc1/C=C(\C#N)C(=O)Nc1cccc(Cl)c1Cl. The zero-order valence-electron chi connectivity index (χ0n) is 12.8. The highest BCUT2D eigenvalue weighted by molar-refractivity contribution is 6.44. The van der Waals surface area contributed by atoms with Crippen molar-refractivity contribution in [1.82, 2.24) is 0 Å². The fourth-order valence-electron chi connectivity index (χ4n) is 1.94. The lowest BCUT2D eigenvalue weighted by molar-refractivity contribution is -0.112. The largest absolute Gasteiger partial charge is 0.478 e. The van der Waals surface area contributed by atoms with E-state index in [1.807, 2.05) is 12.1 Å². The molecule has 0 fully saturated rings. The average molecular weight is 372 g/mol. The summed E-state index contributed by atoms with van der Waals surface area (Å²) in [4.78, 5) is 12.3. The van der Waals surface area contributed by atoms with Crippen LogP contribution >= 0.6 is 23.2 Å². The number of para-hydroxylation sites is 1. The lowest BCUT2D eigenvalue weighted by Crippen LogP contribution is -2.13. The predicted molar refractivity (Wildman–Crippen MR) is 96.2 cm³/mol. The van der Waals surface area contributed by atoms with E-state index in [1.54, 1.807) is 42.5 Å². The minimum Gasteiger partial charge on any atom is -0.478 e. The molecule has 1 N–H and O–H groups in total. The summed E-state index contributed by atoms with van der Waals surface area (Å²) in [6, 6.07) is 15.3. The van der Waals surface area contributed by atoms with Gasteiger partial charge in [-0.05, 0) is 24.3 Å². The van der Waals surface area contributed by atoms with E-state index in [2.05, 4.69) is 5.32 Å². The van der Waals surface area contributed by atoms with E-state index in [9.17, 15) is 10.1 Å². The standard InChI is InChI=1S/C18H11Cl2N3O2/c19-14-5-3-6-15(17(14)20)23-18(24)13(11-22)10-12-4-1-2-7-16(12)25-9-8-21/h1-7,10H,9H2,(H,23,24)/b13-10+. The molecule has 0 unspecified atom stereocenters. The van der Waals surface area contributed by atoms with Gasteiger partial charge in [0, 0.05) is 5.56 Å². The van der Waals surface area contributed by atoms with Gasteiger partial charge in [-0.25, -0.2) is 0 Å². The highest BCUT2D eigenvalue weighted by atomic mass is 35.5. The van der Waals surface area contributed by atoms with Crippen molar-refractivity contribution in [2.45, 2.75) is 0 Å². The fourth-order valence-corrected chi connectivity index (χ4v) is 2.28. The molecule has 0 aliphatic carbocycles. The van der Waals surface area contributed by atoms with Crippen molar-refractivity contribution in [3.63, 3.8) is 0 Å². The van der Waals surface area contributed by atoms with Crippen molar-refractivity contribution in [2.24, 2.45) is 0 Å². The first-order valence-corrected chi connectivity index (χ1v) is 7.78. The molecule has 5 nitrogen and oxygen atoms in total. The Morgan fingerprint density at radius 2 is 1.92 bits per heavy atom. The number of halogens is 2. The van der Waals surface area contributed by atoms with Crippen molar-refractivity contribution in [3.8, 4) is 17.9 Å². The molecule has 0 radical (unpaired) electrons. The number of nitrogens with one attached hydrogen (secondary N) is 1. The van der Waals surface area contributed by atoms with Crippen LogP contribution in [0.3, 0.4) is 0 Å². The van der Waals surface area contributed by atoms with Gasteiger partial charge in [0.15, 0.2) is 6.61 Å². The molecule has 0 aromatic heterocycles. The van der Waals surface area contributed by atoms with Gasteiger partial charge >= 0.3 is 0 Å². The van der Waals surface area contributed by atoms with Crippen molar-refractivity contribution < 1.29 is 9.53 Å². The minimum absolute atomic E-state index is 0.142. The van der Waals surface area contributed by atoms with Crippen LogP contribution in [0, 0.1) is 22.7 Å². The first-order valence-electron chi connectivity index (χ1n) is 7.02. The Morgan fingerprint density at radius 1 is 1.16 bits per heavy atom. The van der Waals surface area contributed by atoms with Gasteiger partial charge in [0.1, 0.15) is 23.5 Å². The highest BCUT2D eigenvalue weighted by Gasteiger charge is 2.13. The van der Waals surface area contributed by atoms with Gasteiger partial charge in [-0.3, -0.25) is 4.79 Å². The lowest BCUT2D eigenvalue weighted by Gasteiger charge is -2.09. The molecule has 0 aliphatic heterocycles. The van der Waals surface area contributed by atoms with Gasteiger partial charge in [0.2, 0.25) is 0 Å². The van der Waals surface area contributed by atoms with Gasteiger partial charge in [-0.1, -0.05) is 47.5 Å². The molecule has 1 amide bonds. The number of anilines is 1. The van der Waals surface area contributed by atoms with Crippen LogP contribution in [0.25, 0.3) is 6.08 Å². The molecule has 0 saturated heterocycles. The average Bonchev–Trinajstić information content (AvgIpc) is 2.62. The highest BCUT2D eigenvalue weighted by Crippen LogP contribution is 2.30. The van der Waals surface area contributed by atoms with E-state index in [4.69, 9.17) is 33.2 Å². The second-order valence-electron chi connectivity index (χ2n) is 4.71. The number of nitrogens with zero attached hydrogens (tertiary/aromatic N) is 2. The molecule has 0 saturated carbocycles. The van der Waals surface area contributed by atoms with Gasteiger partial charge in [-0.15, -0.1) is 0 Å². The Labute approximate surface area is 154 Å². The molecule has 2 rings (SSSR count). The molecule has 25 heavy (non-hydrogen) atoms. The Balaban J connectivity index is 2.29. The Bertz CT molecular complexity index is 911. The van der Waals surface area contributed by atoms with Crippen molar-refractivity contribution in [2.75, 3.05) is 11.9 Å². The third kappa shape index (κ3) is 4.74. The van der Waals surface area contributed by atoms with Crippen LogP contribution in [0.2, 0.25) is 10.0 Å². The first kappa shape index (κ1) is 18.4. The van der Waals surface area contributed by atoms with Crippen LogP contribution in [0.1, 0.15) is 5.56 Å². The zero-order valence-corrected chi connectivity index (χ0v) is 14.3. The summed E-state index contributed by atoms with van der Waals surface area (Å²) < 4.78 is 5.28. The van der Waals surface area contributed by atoms with E-state index in [0.717, 1.165) is 0 Å². The van der Waals surface area contributed by atoms with Gasteiger partial charge < -0.3 is 10.1 Å². The summed E-state index contributed by atoms with van der Waals surface area (Å²) in [7, 11) is 0. The summed E-state index contributed by atoms with van der Waals surface area (Å²) in [5, 5.41) is 20.9. The molecule has 7 heteroatoms. The van der Waals surface area contributed by atoms with Crippen LogP contribution < -0.4 is 10.1 Å². The number of carbonyl (C=O) groups excluding carboxylic acids is 1. The molecule has 0 bridgehead atoms. The van der Waals surface area contributed by atoms with Crippen molar-refractivity contribution >= 4 is 40.9 Å². The number of hydrogen-bond donors (Lipinski definition) is 1. The van der Waals surface area contributed by atoms with Crippen LogP contribution in [0.4, 0.5) is 5.69 Å². The number of hydrogen-bond acceptors (Lipinski definition) is 4. The quantitative estimate of drug-likeness (QED) is 0.621. The second kappa shape index (κ2) is 8.75. The zero-order chi connectivity index (χ0) is 18.2. The first-order chi connectivity index (χ1) is 12.1. The monoisotopic (exact) mass is 371 g/mol. The van der Waals surface area contributed by atoms with Crippen LogP contribution in [-0.2, 0) is 4.79 Å². The van der Waals surface area contributed by atoms with Gasteiger partial charge in [0.05, 0.1) is 15.7 Å². The number of carbonyl (C=O) groups is 1. The molecule has 2 aromatic rings. The maximum atomic E-state index is 12.3. The predicted octanol–water partition coefficient (Wildman–Crippen LogP) is 4.44. The number of ether oxygens (including phenoxy) is 1. The number of rotatable bonds is 5. The van der Waals surface area contributed by atoms with Crippen molar-refractivity contribution in [1.29, 1.82) is 10.5 Å². The van der Waals surface area contributed by atoms with E-state index >= 15 is 0 Å². The third-order valence-corrected chi connectivity index (χ3v) is 3.89. The van der Waals surface area contributed by atoms with Crippen LogP contribution in [0.5, 0.6) is 5.75 Å². The van der Waals surface area contributed by atoms with Crippen LogP contribution in [-0.4, -0.2) is 12.5 Å². The van der Waals surface area contributed by atoms with E-state index in [-0.39, 0.29) is 22.2 Å². The molecule has 0 heterocycles. The Hall–Kier alpha value is -2.99. The van der Waals surface area contributed by atoms with Gasteiger partial charge in [0.25, 0.3) is 5.91 Å². The summed E-state index contributed by atoms with van der Waals surface area (Å²) in [5.74, 6) is -0.243. The van der Waals surface area contributed by atoms with E-state index in [1.165, 1.54) is 6.08 Å². The summed E-state index contributed by atoms with van der Waals surface area (Å²) in [6.45, 7) is -0.142. The number of nitriles is 2. The summed E-state index contributed by atoms with van der Waals surface area (Å²) in [5.41, 5.74) is 0.653. The third-order valence-electron chi connectivity index (χ3n) is 3.08. The number of benzene rings is 2. The molecule has 2 aromatic carbocycles. The fraction of sp³-hybridized carbons (Fsp3) is 0.0556. The maximum Gasteiger partial charge on any atom is 0.266 e. The molecule has 0 aliphatic rings. The summed E-state index contributed by atoms with van der Waals surface area (Å²) >= 11 is 11.9. The lowest BCUT2D eigenvalue weighted by atomic mass is 10.1. The van der Waals surface area contributed by atoms with Crippen molar-refractivity contribution in [3.05, 3.63) is 63.6 Å². The topological polar surface area (TPSA) is 85.9 Å². The Morgan fingerprint density at radius 3 is 2.64 bits per heavy atom. The number of amides is 1. The summed E-state index contributed by atoms with van der Waals surface area (Å²) in [6.07, 6.45) is 1.38. The second-order valence-corrected chi connectivity index (χ2v) is 5.50. The minimum atomic E-state index is -0.637. The van der Waals surface area contributed by atoms with Crippen LogP contribution in [0.15, 0.2) is 48.0 Å². The Kier molecular flexibility index (Phi) is 6.42. The molecular weight excluding hydrogens is 361 g/mol. The van der Waals surface area contributed by atoms with E-state index in [0.29, 0.717) is 17.0 Å². The molecule has 0 atom stereocenters. The molecule has 124 valence electrons.